The van der Waals surface area contributed by atoms with Crippen molar-refractivity contribution in [3.8, 4) is 0 Å². The Kier molecular flexibility index (Phi) is 11.4. The molecule has 0 saturated carbocycles. The zero-order valence-corrected chi connectivity index (χ0v) is 23.0. The Bertz CT molecular complexity index is 1350. The fourth-order valence-electron chi connectivity index (χ4n) is 4.00. The molecule has 3 amide bonds. The first-order valence-electron chi connectivity index (χ1n) is 12.6. The molecule has 2 aliphatic heterocycles. The summed E-state index contributed by atoms with van der Waals surface area (Å²) < 4.78 is 67.3. The van der Waals surface area contributed by atoms with Gasteiger partial charge in [-0.2, -0.15) is 13.2 Å². The van der Waals surface area contributed by atoms with Gasteiger partial charge in [-0.3, -0.25) is 14.4 Å². The van der Waals surface area contributed by atoms with Gasteiger partial charge in [0.15, 0.2) is 5.82 Å². The molecular weight excluding hydrogens is 589 g/mol. The number of rotatable bonds is 4. The summed E-state index contributed by atoms with van der Waals surface area (Å²) in [7, 11) is 0. The lowest BCUT2D eigenvalue weighted by atomic mass is 10.1. The minimum atomic E-state index is -4.47. The Morgan fingerprint density at radius 1 is 1.17 bits per heavy atom. The monoisotopic (exact) mass is 615 g/mol. The van der Waals surface area contributed by atoms with E-state index in [0.29, 0.717) is 42.2 Å². The highest BCUT2D eigenvalue weighted by Gasteiger charge is 2.31. The van der Waals surface area contributed by atoms with Gasteiger partial charge in [0.1, 0.15) is 18.2 Å². The molecule has 2 aliphatic rings. The second-order valence-corrected chi connectivity index (χ2v) is 9.63. The number of hydrogen-bond acceptors (Lipinski definition) is 5. The van der Waals surface area contributed by atoms with Gasteiger partial charge < -0.3 is 25.3 Å². The highest BCUT2D eigenvalue weighted by molar-refractivity contribution is 6.30. The van der Waals surface area contributed by atoms with Crippen LogP contribution < -0.4 is 16.0 Å². The number of nitrogens with one attached hydrogen (secondary N) is 3. The molecule has 1 aromatic heterocycles. The minimum absolute atomic E-state index is 0.00674. The third-order valence-electron chi connectivity index (χ3n) is 5.89. The summed E-state index contributed by atoms with van der Waals surface area (Å²) in [5, 5.41) is 8.55. The number of nitrogens with zero attached hydrogens (tertiary/aromatic N) is 2. The van der Waals surface area contributed by atoms with Crippen LogP contribution in [0.15, 0.2) is 42.5 Å². The van der Waals surface area contributed by atoms with E-state index in [9.17, 15) is 36.3 Å². The van der Waals surface area contributed by atoms with E-state index >= 15 is 0 Å². The van der Waals surface area contributed by atoms with Gasteiger partial charge in [0.05, 0.1) is 30.5 Å². The van der Waals surface area contributed by atoms with Crippen LogP contribution in [0.1, 0.15) is 40.3 Å². The predicted molar refractivity (Wildman–Crippen MR) is 143 cm³/mol. The molecule has 3 N–H and O–H groups in total. The van der Waals surface area contributed by atoms with Crippen molar-refractivity contribution < 1.29 is 41.1 Å². The summed E-state index contributed by atoms with van der Waals surface area (Å²) in [6.45, 7) is 2.82. The summed E-state index contributed by atoms with van der Waals surface area (Å²) in [5.41, 5.74) is -0.0703. The van der Waals surface area contributed by atoms with Crippen LogP contribution in [0.5, 0.6) is 0 Å². The normalized spacial score (nSPS) is 16.0. The number of benzene rings is 2. The molecule has 1 fully saturated rings. The van der Waals surface area contributed by atoms with Crippen LogP contribution in [0.3, 0.4) is 0 Å². The largest absolute Gasteiger partial charge is 0.416 e. The minimum Gasteiger partial charge on any atom is -0.379 e. The standard InChI is InChI=1S/C13H17N5O4.C8H6F4.C6H4ClF/c19-7-15-11-9-4-14-10(20)5-18(9)12(17-11)13(21)16-8-2-1-3-22-6-8;1-5-2-6(8(10,11)12)4-7(9)3-5;7-5-1-3-6(8)4-2-5/h7-8H,1-6H2,(H,14,20)(H,15,19)(H,16,21);2-4H,1H3;1-4H. The first-order valence-corrected chi connectivity index (χ1v) is 13.0. The number of aryl methyl sites for hydroxylation is 1. The number of hydrogen-bond donors (Lipinski definition) is 3. The quantitative estimate of drug-likeness (QED) is 0.293. The van der Waals surface area contributed by atoms with Crippen molar-refractivity contribution in [2.75, 3.05) is 18.5 Å². The molecule has 9 nitrogen and oxygen atoms in total. The zero-order chi connectivity index (χ0) is 30.9. The number of ether oxygens (including phenoxy) is 1. The average Bonchev–Trinajstić information content (AvgIpc) is 3.28. The first-order chi connectivity index (χ1) is 19.9. The number of fused-ring (bicyclic) bond motifs is 1. The molecule has 3 heterocycles. The van der Waals surface area contributed by atoms with E-state index in [2.05, 4.69) is 20.9 Å². The van der Waals surface area contributed by atoms with E-state index in [1.807, 2.05) is 0 Å². The number of imidazole rings is 1. The smallest absolute Gasteiger partial charge is 0.379 e. The van der Waals surface area contributed by atoms with E-state index < -0.39 is 17.6 Å². The Hall–Kier alpha value is -4.04. The lowest BCUT2D eigenvalue weighted by molar-refractivity contribution is -0.137. The first kappa shape index (κ1) is 32.5. The van der Waals surface area contributed by atoms with Gasteiger partial charge in [-0.15, -0.1) is 0 Å². The van der Waals surface area contributed by atoms with Crippen molar-refractivity contribution in [1.82, 2.24) is 20.2 Å². The molecular formula is C27H27ClF5N5O4. The molecule has 15 heteroatoms. The van der Waals surface area contributed by atoms with Gasteiger partial charge in [-0.05, 0) is 67.8 Å². The van der Waals surface area contributed by atoms with Gasteiger partial charge in [0.25, 0.3) is 5.91 Å². The SMILES string of the molecule is Cc1cc(F)cc(C(F)(F)F)c1.Fc1ccc(Cl)cc1.O=CNc1nc(C(=O)NC2CCCOC2)n2c1CNC(=O)C2. The summed E-state index contributed by atoms with van der Waals surface area (Å²) in [5.74, 6) is -1.26. The predicted octanol–water partition coefficient (Wildman–Crippen LogP) is 4.62. The number of amides is 3. The van der Waals surface area contributed by atoms with E-state index in [1.165, 1.54) is 35.8 Å². The maximum absolute atomic E-state index is 12.5. The molecule has 0 aliphatic carbocycles. The molecule has 5 rings (SSSR count). The Morgan fingerprint density at radius 2 is 1.88 bits per heavy atom. The molecule has 3 aromatic rings. The fourth-order valence-corrected chi connectivity index (χ4v) is 4.12. The Labute approximate surface area is 242 Å². The van der Waals surface area contributed by atoms with Crippen LogP contribution in [0.25, 0.3) is 0 Å². The maximum Gasteiger partial charge on any atom is 0.416 e. The van der Waals surface area contributed by atoms with E-state index in [4.69, 9.17) is 16.3 Å². The van der Waals surface area contributed by atoms with Crippen LogP contribution in [0.2, 0.25) is 5.02 Å². The van der Waals surface area contributed by atoms with Crippen molar-refractivity contribution in [2.45, 2.75) is 45.1 Å². The second kappa shape index (κ2) is 14.7. The number of alkyl halides is 3. The van der Waals surface area contributed by atoms with Crippen LogP contribution in [-0.2, 0) is 33.6 Å². The van der Waals surface area contributed by atoms with Crippen molar-refractivity contribution in [2.24, 2.45) is 0 Å². The maximum atomic E-state index is 12.5. The zero-order valence-electron chi connectivity index (χ0n) is 22.2. The van der Waals surface area contributed by atoms with Crippen molar-refractivity contribution >= 4 is 35.6 Å². The number of aromatic nitrogens is 2. The number of anilines is 1. The molecule has 226 valence electrons. The highest BCUT2D eigenvalue weighted by atomic mass is 35.5. The molecule has 0 bridgehead atoms. The van der Waals surface area contributed by atoms with Gasteiger partial charge in [0, 0.05) is 11.6 Å². The molecule has 1 unspecified atom stereocenters. The fraction of sp³-hybridized carbons (Fsp3) is 0.333. The number of carbonyl (C=O) groups excluding carboxylic acids is 3. The average molecular weight is 616 g/mol. The number of carbonyl (C=O) groups is 3. The van der Waals surface area contributed by atoms with Gasteiger partial charge >= 0.3 is 6.18 Å². The molecule has 42 heavy (non-hydrogen) atoms. The third-order valence-corrected chi connectivity index (χ3v) is 6.15. The van der Waals surface area contributed by atoms with Crippen LogP contribution in [0, 0.1) is 18.6 Å². The molecule has 0 spiro atoms. The highest BCUT2D eigenvalue weighted by Crippen LogP contribution is 2.30. The van der Waals surface area contributed by atoms with Crippen LogP contribution in [-0.4, -0.2) is 47.0 Å². The lowest BCUT2D eigenvalue weighted by Crippen LogP contribution is -2.42. The summed E-state index contributed by atoms with van der Waals surface area (Å²) in [6.07, 6.45) is -2.23. The van der Waals surface area contributed by atoms with Crippen LogP contribution in [0.4, 0.5) is 27.8 Å². The summed E-state index contributed by atoms with van der Waals surface area (Å²) in [6, 6.07) is 8.04. The van der Waals surface area contributed by atoms with E-state index in [0.717, 1.165) is 25.0 Å². The molecule has 1 saturated heterocycles. The second-order valence-electron chi connectivity index (χ2n) is 9.19. The molecule has 1 atom stereocenters. The van der Waals surface area contributed by atoms with E-state index in [1.54, 1.807) is 0 Å². The van der Waals surface area contributed by atoms with Gasteiger partial charge in [0.2, 0.25) is 18.1 Å². The van der Waals surface area contributed by atoms with Crippen LogP contribution >= 0.6 is 11.6 Å². The lowest BCUT2D eigenvalue weighted by Gasteiger charge is -2.23. The summed E-state index contributed by atoms with van der Waals surface area (Å²) in [4.78, 5) is 38.8. The number of halogens is 6. The summed E-state index contributed by atoms with van der Waals surface area (Å²) >= 11 is 5.44. The van der Waals surface area contributed by atoms with Gasteiger partial charge in [-0.25, -0.2) is 13.8 Å². The third kappa shape index (κ3) is 9.52. The topological polar surface area (TPSA) is 114 Å². The van der Waals surface area contributed by atoms with Crippen molar-refractivity contribution in [1.29, 1.82) is 0 Å². The Balaban J connectivity index is 0.000000202. The molecule has 2 aromatic carbocycles. The molecule has 0 radical (unpaired) electrons. The van der Waals surface area contributed by atoms with E-state index in [-0.39, 0.29) is 48.2 Å². The van der Waals surface area contributed by atoms with Crippen molar-refractivity contribution in [3.05, 3.63) is 81.8 Å². The van der Waals surface area contributed by atoms with Crippen molar-refractivity contribution in [3.63, 3.8) is 0 Å². The Morgan fingerprint density at radius 3 is 2.45 bits per heavy atom. The van der Waals surface area contributed by atoms with Gasteiger partial charge in [-0.1, -0.05) is 11.6 Å².